The van der Waals surface area contributed by atoms with Crippen LogP contribution in [0.4, 0.5) is 5.13 Å². The van der Waals surface area contributed by atoms with Crippen LogP contribution in [0.15, 0.2) is 58.9 Å². The number of aryl methyl sites for hydroxylation is 1. The molecule has 0 aliphatic rings. The third kappa shape index (κ3) is 5.58. The van der Waals surface area contributed by atoms with Gasteiger partial charge in [0.05, 0.1) is 0 Å². The summed E-state index contributed by atoms with van der Waals surface area (Å²) < 4.78 is 6.22. The predicted molar refractivity (Wildman–Crippen MR) is 101 cm³/mol. The Morgan fingerprint density at radius 1 is 1.12 bits per heavy atom. The van der Waals surface area contributed by atoms with Crippen LogP contribution in [0, 0.1) is 6.92 Å². The average molecular weight is 371 g/mol. The number of benzene rings is 2. The van der Waals surface area contributed by atoms with Crippen molar-refractivity contribution in [3.63, 3.8) is 0 Å². The number of anilines is 1. The monoisotopic (exact) mass is 371 g/mol. The van der Waals surface area contributed by atoms with E-state index in [0.717, 1.165) is 10.1 Å². The van der Waals surface area contributed by atoms with E-state index in [9.17, 15) is 4.79 Å². The summed E-state index contributed by atoms with van der Waals surface area (Å²) in [6.07, 6.45) is 0. The number of hydrogen-bond acceptors (Lipinski definition) is 6. The zero-order valence-corrected chi connectivity index (χ0v) is 15.3. The van der Waals surface area contributed by atoms with Crippen LogP contribution in [-0.2, 0) is 10.5 Å². The smallest absolute Gasteiger partial charge is 0.264 e. The largest absolute Gasteiger partial charge is 0.484 e. The second kappa shape index (κ2) is 8.64. The first-order chi connectivity index (χ1) is 12.2. The molecule has 0 atom stereocenters. The van der Waals surface area contributed by atoms with Gasteiger partial charge in [-0.2, -0.15) is 0 Å². The topological polar surface area (TPSA) is 64.1 Å². The third-order valence-corrected chi connectivity index (χ3v) is 5.29. The molecule has 1 heterocycles. The van der Waals surface area contributed by atoms with Gasteiger partial charge in [-0.05, 0) is 24.6 Å². The maximum atomic E-state index is 11.9. The Morgan fingerprint density at radius 2 is 1.88 bits per heavy atom. The fraction of sp³-hybridized carbons (Fsp3) is 0.167. The average Bonchev–Trinajstić information content (AvgIpc) is 3.08. The van der Waals surface area contributed by atoms with Crippen molar-refractivity contribution in [2.24, 2.45) is 0 Å². The number of rotatable bonds is 7. The Bertz CT molecular complexity index is 820. The Labute approximate surface area is 154 Å². The number of ether oxygens (including phenoxy) is 1. The van der Waals surface area contributed by atoms with E-state index in [-0.39, 0.29) is 12.5 Å². The van der Waals surface area contributed by atoms with Crippen LogP contribution in [0.1, 0.15) is 11.1 Å². The summed E-state index contributed by atoms with van der Waals surface area (Å²) in [5.41, 5.74) is 2.47. The predicted octanol–water partition coefficient (Wildman–Crippen LogP) is 4.16. The number of nitrogens with one attached hydrogen (secondary N) is 1. The van der Waals surface area contributed by atoms with Crippen LogP contribution in [-0.4, -0.2) is 22.7 Å². The summed E-state index contributed by atoms with van der Waals surface area (Å²) in [6.45, 7) is 2.01. The van der Waals surface area contributed by atoms with Gasteiger partial charge in [0.25, 0.3) is 5.91 Å². The highest BCUT2D eigenvalue weighted by molar-refractivity contribution is 8.00. The lowest BCUT2D eigenvalue weighted by molar-refractivity contribution is -0.118. The molecule has 2 aromatic carbocycles. The molecule has 0 aliphatic carbocycles. The van der Waals surface area contributed by atoms with Crippen molar-refractivity contribution in [1.29, 1.82) is 0 Å². The zero-order valence-electron chi connectivity index (χ0n) is 13.6. The highest BCUT2D eigenvalue weighted by Crippen LogP contribution is 2.28. The molecular weight excluding hydrogens is 354 g/mol. The molecule has 5 nitrogen and oxygen atoms in total. The first kappa shape index (κ1) is 17.4. The molecule has 3 rings (SSSR count). The molecule has 0 aliphatic heterocycles. The van der Waals surface area contributed by atoms with Gasteiger partial charge in [0.1, 0.15) is 5.75 Å². The summed E-state index contributed by atoms with van der Waals surface area (Å²) in [4.78, 5) is 11.9. The van der Waals surface area contributed by atoms with E-state index < -0.39 is 0 Å². The lowest BCUT2D eigenvalue weighted by Crippen LogP contribution is -2.20. The summed E-state index contributed by atoms with van der Waals surface area (Å²) >= 11 is 2.96. The lowest BCUT2D eigenvalue weighted by Gasteiger charge is -2.04. The SMILES string of the molecule is Cc1ccc(CSc2nnc(NC(=O)COc3ccccc3)s2)cc1. The van der Waals surface area contributed by atoms with Crippen molar-refractivity contribution < 1.29 is 9.53 Å². The van der Waals surface area contributed by atoms with Gasteiger partial charge in [-0.25, -0.2) is 0 Å². The highest BCUT2D eigenvalue weighted by Gasteiger charge is 2.09. The van der Waals surface area contributed by atoms with Gasteiger partial charge < -0.3 is 4.74 Å². The van der Waals surface area contributed by atoms with Gasteiger partial charge in [-0.1, -0.05) is 71.1 Å². The summed E-state index contributed by atoms with van der Waals surface area (Å²) in [5.74, 6) is 1.22. The molecule has 7 heteroatoms. The minimum atomic E-state index is -0.255. The van der Waals surface area contributed by atoms with Crippen LogP contribution in [0.25, 0.3) is 0 Å². The van der Waals surface area contributed by atoms with Crippen LogP contribution in [0.2, 0.25) is 0 Å². The van der Waals surface area contributed by atoms with E-state index >= 15 is 0 Å². The van der Waals surface area contributed by atoms with E-state index in [1.54, 1.807) is 23.9 Å². The minimum Gasteiger partial charge on any atom is -0.484 e. The van der Waals surface area contributed by atoms with Gasteiger partial charge in [-0.3, -0.25) is 10.1 Å². The number of carbonyl (C=O) groups is 1. The summed E-state index contributed by atoms with van der Waals surface area (Å²) in [6, 6.07) is 17.6. The Hall–Kier alpha value is -2.38. The first-order valence-corrected chi connectivity index (χ1v) is 9.49. The van der Waals surface area contributed by atoms with Crippen LogP contribution in [0.5, 0.6) is 5.75 Å². The fourth-order valence-electron chi connectivity index (χ4n) is 1.97. The molecule has 0 spiro atoms. The number of carbonyl (C=O) groups excluding carboxylic acids is 1. The molecule has 0 saturated heterocycles. The standard InChI is InChI=1S/C18H17N3O2S2/c1-13-7-9-14(10-8-13)12-24-18-21-20-17(25-18)19-16(22)11-23-15-5-3-2-4-6-15/h2-10H,11-12H2,1H3,(H,19,20,22). The molecule has 1 N–H and O–H groups in total. The fourth-order valence-corrected chi connectivity index (χ4v) is 3.69. The van der Waals surface area contributed by atoms with Crippen molar-refractivity contribution in [2.75, 3.05) is 11.9 Å². The van der Waals surface area contributed by atoms with Crippen LogP contribution >= 0.6 is 23.1 Å². The van der Waals surface area contributed by atoms with Crippen LogP contribution < -0.4 is 10.1 Å². The molecule has 0 unspecified atom stereocenters. The van der Waals surface area contributed by atoms with Crippen molar-refractivity contribution >= 4 is 34.1 Å². The van der Waals surface area contributed by atoms with E-state index in [1.807, 2.05) is 18.2 Å². The van der Waals surface area contributed by atoms with Crippen molar-refractivity contribution in [1.82, 2.24) is 10.2 Å². The summed E-state index contributed by atoms with van der Waals surface area (Å²) in [5, 5.41) is 11.3. The maximum Gasteiger partial charge on any atom is 0.264 e. The molecule has 25 heavy (non-hydrogen) atoms. The number of aromatic nitrogens is 2. The molecule has 3 aromatic rings. The lowest BCUT2D eigenvalue weighted by atomic mass is 10.2. The van der Waals surface area contributed by atoms with Gasteiger partial charge in [0.2, 0.25) is 5.13 Å². The van der Waals surface area contributed by atoms with Crippen molar-refractivity contribution in [3.05, 3.63) is 65.7 Å². The van der Waals surface area contributed by atoms with Gasteiger partial charge in [-0.15, -0.1) is 10.2 Å². The molecule has 128 valence electrons. The van der Waals surface area contributed by atoms with E-state index in [2.05, 4.69) is 46.7 Å². The van der Waals surface area contributed by atoms with Crippen molar-refractivity contribution in [2.45, 2.75) is 17.0 Å². The molecule has 0 fully saturated rings. The normalized spacial score (nSPS) is 10.4. The Balaban J connectivity index is 1.46. The van der Waals surface area contributed by atoms with E-state index in [1.165, 1.54) is 22.5 Å². The first-order valence-electron chi connectivity index (χ1n) is 7.68. The number of amides is 1. The summed E-state index contributed by atoms with van der Waals surface area (Å²) in [7, 11) is 0. The molecule has 0 saturated carbocycles. The van der Waals surface area contributed by atoms with Crippen LogP contribution in [0.3, 0.4) is 0 Å². The number of thioether (sulfide) groups is 1. The van der Waals surface area contributed by atoms with Gasteiger partial charge in [0.15, 0.2) is 10.9 Å². The molecule has 1 aromatic heterocycles. The molecule has 0 radical (unpaired) electrons. The minimum absolute atomic E-state index is 0.0601. The second-order valence-corrected chi connectivity index (χ2v) is 7.50. The van der Waals surface area contributed by atoms with Gasteiger partial charge >= 0.3 is 0 Å². The highest BCUT2D eigenvalue weighted by atomic mass is 32.2. The third-order valence-electron chi connectivity index (χ3n) is 3.25. The second-order valence-electron chi connectivity index (χ2n) is 5.30. The number of hydrogen-bond donors (Lipinski definition) is 1. The maximum absolute atomic E-state index is 11.9. The molecule has 0 bridgehead atoms. The van der Waals surface area contributed by atoms with Gasteiger partial charge in [0, 0.05) is 5.75 Å². The van der Waals surface area contributed by atoms with E-state index in [0.29, 0.717) is 10.9 Å². The quantitative estimate of drug-likeness (QED) is 0.499. The number of nitrogens with zero attached hydrogens (tertiary/aromatic N) is 2. The molecular formula is C18H17N3O2S2. The number of para-hydroxylation sites is 1. The zero-order chi connectivity index (χ0) is 17.5. The van der Waals surface area contributed by atoms with E-state index in [4.69, 9.17) is 4.74 Å². The molecule has 1 amide bonds. The van der Waals surface area contributed by atoms with Crippen molar-refractivity contribution in [3.8, 4) is 5.75 Å². The Morgan fingerprint density at radius 3 is 2.64 bits per heavy atom. The Kier molecular flexibility index (Phi) is 6.03.